The van der Waals surface area contributed by atoms with E-state index in [9.17, 15) is 4.79 Å². The largest absolute Gasteiger partial charge is 0.466 e. The molecule has 0 aliphatic carbocycles. The highest BCUT2D eigenvalue weighted by Gasteiger charge is 2.16. The van der Waals surface area contributed by atoms with Crippen molar-refractivity contribution in [1.82, 2.24) is 0 Å². The molecule has 0 unspecified atom stereocenters. The minimum atomic E-state index is -0.0546. The Morgan fingerprint density at radius 1 is 1.00 bits per heavy atom. The lowest BCUT2D eigenvalue weighted by Gasteiger charge is -2.16. The Morgan fingerprint density at radius 2 is 1.56 bits per heavy atom. The van der Waals surface area contributed by atoms with Crippen LogP contribution in [0, 0.1) is 5.41 Å². The van der Waals surface area contributed by atoms with Gasteiger partial charge < -0.3 is 4.74 Å². The Kier molecular flexibility index (Phi) is 8.32. The topological polar surface area (TPSA) is 26.3 Å². The predicted octanol–water partition coefficient (Wildman–Crippen LogP) is 4.33. The van der Waals surface area contributed by atoms with Crippen molar-refractivity contribution in [3.8, 4) is 0 Å². The van der Waals surface area contributed by atoms with E-state index in [0.717, 1.165) is 6.42 Å². The maximum atomic E-state index is 11.4. The molecule has 0 bridgehead atoms. The van der Waals surface area contributed by atoms with Gasteiger partial charge in [-0.3, -0.25) is 4.79 Å². The van der Waals surface area contributed by atoms with E-state index in [2.05, 4.69) is 27.7 Å². The second-order valence-electron chi connectivity index (χ2n) is 5.73. The van der Waals surface area contributed by atoms with E-state index in [4.69, 9.17) is 4.74 Å². The molecule has 2 heteroatoms. The first-order valence-electron chi connectivity index (χ1n) is 6.61. The summed E-state index contributed by atoms with van der Waals surface area (Å²) in [4.78, 5) is 11.4. The van der Waals surface area contributed by atoms with E-state index in [-0.39, 0.29) is 11.4 Å². The Balaban J connectivity index is 3.28. The third-order valence-electron chi connectivity index (χ3n) is 2.44. The molecule has 0 amide bonds. The lowest BCUT2D eigenvalue weighted by Crippen LogP contribution is -2.15. The van der Waals surface area contributed by atoms with Crippen LogP contribution in [0.2, 0.25) is 0 Å². The standard InChI is InChI=1S/C14H28O2/c1-5-6-7-8-9-10-11-16-13(15)12-14(2,3)4/h5-12H2,1-4H3. The number of ether oxygens (including phenoxy) is 1. The van der Waals surface area contributed by atoms with Crippen LogP contribution < -0.4 is 0 Å². The Labute approximate surface area is 101 Å². The molecular formula is C14H28O2. The van der Waals surface area contributed by atoms with Crippen LogP contribution >= 0.6 is 0 Å². The summed E-state index contributed by atoms with van der Waals surface area (Å²) in [5, 5.41) is 0. The molecule has 0 N–H and O–H groups in total. The zero-order chi connectivity index (χ0) is 12.4. The van der Waals surface area contributed by atoms with Crippen molar-refractivity contribution < 1.29 is 9.53 Å². The maximum Gasteiger partial charge on any atom is 0.306 e. The summed E-state index contributed by atoms with van der Waals surface area (Å²) >= 11 is 0. The average molecular weight is 228 g/mol. The van der Waals surface area contributed by atoms with Gasteiger partial charge in [0.15, 0.2) is 0 Å². The van der Waals surface area contributed by atoms with Crippen LogP contribution in [0.15, 0.2) is 0 Å². The summed E-state index contributed by atoms with van der Waals surface area (Å²) < 4.78 is 5.19. The number of carbonyl (C=O) groups excluding carboxylic acids is 1. The SMILES string of the molecule is CCCCCCCCOC(=O)CC(C)(C)C. The van der Waals surface area contributed by atoms with Crippen LogP contribution in [0.25, 0.3) is 0 Å². The second kappa shape index (κ2) is 8.60. The normalized spacial score (nSPS) is 11.5. The lowest BCUT2D eigenvalue weighted by molar-refractivity contribution is -0.145. The molecule has 0 aromatic carbocycles. The van der Waals surface area contributed by atoms with Gasteiger partial charge in [0.1, 0.15) is 0 Å². The second-order valence-corrected chi connectivity index (χ2v) is 5.73. The summed E-state index contributed by atoms with van der Waals surface area (Å²) in [5.74, 6) is -0.0546. The minimum absolute atomic E-state index is 0.0399. The van der Waals surface area contributed by atoms with Crippen LogP contribution in [0.4, 0.5) is 0 Å². The Hall–Kier alpha value is -0.530. The van der Waals surface area contributed by atoms with E-state index in [0.29, 0.717) is 13.0 Å². The summed E-state index contributed by atoms with van der Waals surface area (Å²) in [6.45, 7) is 8.98. The van der Waals surface area contributed by atoms with Crippen molar-refractivity contribution in [1.29, 1.82) is 0 Å². The molecule has 0 aliphatic heterocycles. The summed E-state index contributed by atoms with van der Waals surface area (Å²) in [6, 6.07) is 0. The molecule has 96 valence electrons. The van der Waals surface area contributed by atoms with Gasteiger partial charge in [-0.1, -0.05) is 59.8 Å². The van der Waals surface area contributed by atoms with Crippen LogP contribution in [0.1, 0.15) is 72.6 Å². The number of hydrogen-bond donors (Lipinski definition) is 0. The van der Waals surface area contributed by atoms with Crippen LogP contribution in [-0.2, 0) is 9.53 Å². The summed E-state index contributed by atoms with van der Waals surface area (Å²) in [6.07, 6.45) is 7.90. The Bertz CT molecular complexity index is 180. The smallest absolute Gasteiger partial charge is 0.306 e. The van der Waals surface area contributed by atoms with E-state index < -0.39 is 0 Å². The van der Waals surface area contributed by atoms with E-state index >= 15 is 0 Å². The highest BCUT2D eigenvalue weighted by Crippen LogP contribution is 2.18. The highest BCUT2D eigenvalue weighted by atomic mass is 16.5. The number of unbranched alkanes of at least 4 members (excludes halogenated alkanes) is 5. The van der Waals surface area contributed by atoms with Crippen LogP contribution in [-0.4, -0.2) is 12.6 Å². The lowest BCUT2D eigenvalue weighted by atomic mass is 9.92. The number of hydrogen-bond acceptors (Lipinski definition) is 2. The number of carbonyl (C=O) groups is 1. The molecule has 2 nitrogen and oxygen atoms in total. The molecule has 16 heavy (non-hydrogen) atoms. The van der Waals surface area contributed by atoms with E-state index in [1.54, 1.807) is 0 Å². The first-order chi connectivity index (χ1) is 7.45. The molecule has 0 spiro atoms. The average Bonchev–Trinajstić information content (AvgIpc) is 2.13. The monoisotopic (exact) mass is 228 g/mol. The zero-order valence-electron chi connectivity index (χ0n) is 11.5. The van der Waals surface area contributed by atoms with Crippen LogP contribution in [0.5, 0.6) is 0 Å². The fourth-order valence-electron chi connectivity index (χ4n) is 1.55. The molecule has 0 saturated heterocycles. The van der Waals surface area contributed by atoms with Crippen molar-refractivity contribution in [3.63, 3.8) is 0 Å². The molecule has 0 heterocycles. The van der Waals surface area contributed by atoms with Crippen molar-refractivity contribution in [3.05, 3.63) is 0 Å². The van der Waals surface area contributed by atoms with Gasteiger partial charge in [-0.15, -0.1) is 0 Å². The van der Waals surface area contributed by atoms with E-state index in [1.165, 1.54) is 32.1 Å². The minimum Gasteiger partial charge on any atom is -0.466 e. The third-order valence-corrected chi connectivity index (χ3v) is 2.44. The van der Waals surface area contributed by atoms with Gasteiger partial charge in [0.2, 0.25) is 0 Å². The fraction of sp³-hybridized carbons (Fsp3) is 0.929. The molecule has 0 radical (unpaired) electrons. The molecule has 0 rings (SSSR count). The summed E-state index contributed by atoms with van der Waals surface area (Å²) in [5.41, 5.74) is 0.0399. The van der Waals surface area contributed by atoms with Crippen LogP contribution in [0.3, 0.4) is 0 Å². The maximum absolute atomic E-state index is 11.4. The molecule has 0 aromatic heterocycles. The quantitative estimate of drug-likeness (QED) is 0.456. The van der Waals surface area contributed by atoms with Gasteiger partial charge in [-0.25, -0.2) is 0 Å². The van der Waals surface area contributed by atoms with Gasteiger partial charge in [0, 0.05) is 0 Å². The summed E-state index contributed by atoms with van der Waals surface area (Å²) in [7, 11) is 0. The van der Waals surface area contributed by atoms with E-state index in [1.807, 2.05) is 0 Å². The fourth-order valence-corrected chi connectivity index (χ4v) is 1.55. The first-order valence-corrected chi connectivity index (χ1v) is 6.61. The van der Waals surface area contributed by atoms with Gasteiger partial charge in [-0.05, 0) is 11.8 Å². The first kappa shape index (κ1) is 15.5. The van der Waals surface area contributed by atoms with Crippen molar-refractivity contribution >= 4 is 5.97 Å². The molecule has 0 atom stereocenters. The Morgan fingerprint density at radius 3 is 2.12 bits per heavy atom. The molecular weight excluding hydrogens is 200 g/mol. The van der Waals surface area contributed by atoms with Gasteiger partial charge >= 0.3 is 5.97 Å². The van der Waals surface area contributed by atoms with Gasteiger partial charge in [0.05, 0.1) is 13.0 Å². The van der Waals surface area contributed by atoms with Gasteiger partial charge in [0.25, 0.3) is 0 Å². The van der Waals surface area contributed by atoms with Crippen molar-refractivity contribution in [2.45, 2.75) is 72.6 Å². The predicted molar refractivity (Wildman–Crippen MR) is 68.4 cm³/mol. The molecule has 0 saturated carbocycles. The number of rotatable bonds is 8. The highest BCUT2D eigenvalue weighted by molar-refractivity contribution is 5.70. The molecule has 0 aromatic rings. The zero-order valence-corrected chi connectivity index (χ0v) is 11.5. The van der Waals surface area contributed by atoms with Gasteiger partial charge in [-0.2, -0.15) is 0 Å². The molecule has 0 aliphatic rings. The van der Waals surface area contributed by atoms with Crippen molar-refractivity contribution in [2.24, 2.45) is 5.41 Å². The van der Waals surface area contributed by atoms with Crippen molar-refractivity contribution in [2.75, 3.05) is 6.61 Å². The molecule has 0 fully saturated rings. The third kappa shape index (κ3) is 11.5. The number of esters is 1.